The summed E-state index contributed by atoms with van der Waals surface area (Å²) in [7, 11) is 0. The first-order chi connectivity index (χ1) is 14.2. The molecule has 0 aromatic heterocycles. The number of allylic oxidation sites excluding steroid dienone is 1. The van der Waals surface area contributed by atoms with Crippen molar-refractivity contribution in [3.8, 4) is 6.07 Å². The summed E-state index contributed by atoms with van der Waals surface area (Å²) >= 11 is 0. The van der Waals surface area contributed by atoms with Crippen LogP contribution in [0, 0.1) is 11.3 Å². The maximum atomic E-state index is 9.25. The number of rotatable bonds is 5. The molecule has 2 heteroatoms. The number of nitrogens with zero attached hydrogens (tertiary/aromatic N) is 1. The quantitative estimate of drug-likeness (QED) is 0.419. The predicted octanol–water partition coefficient (Wildman–Crippen LogP) is 6.72. The van der Waals surface area contributed by atoms with Gasteiger partial charge in [-0.05, 0) is 70.1 Å². The number of hydrogen-bond donors (Lipinski definition) is 1. The topological polar surface area (TPSA) is 35.8 Å². The Balaban J connectivity index is 1.92. The lowest BCUT2D eigenvalue weighted by Crippen LogP contribution is -2.03. The second-order valence-corrected chi connectivity index (χ2v) is 7.37. The molecule has 4 rings (SSSR count). The number of nitrogens with one attached hydrogen (secondary N) is 1. The van der Waals surface area contributed by atoms with E-state index in [-0.39, 0.29) is 0 Å². The summed E-state index contributed by atoms with van der Waals surface area (Å²) in [6.45, 7) is 8.48. The SMILES string of the molecule is C=c1ccc2ccc(Nc3ccc(C#N)cc3CCC)c3ccc(/C=C\C)c1c23. The molecule has 4 aromatic carbocycles. The molecule has 0 atom stereocenters. The third kappa shape index (κ3) is 3.37. The van der Waals surface area contributed by atoms with Gasteiger partial charge in [-0.25, -0.2) is 0 Å². The van der Waals surface area contributed by atoms with E-state index in [1.165, 1.54) is 32.7 Å². The highest BCUT2D eigenvalue weighted by Crippen LogP contribution is 2.35. The summed E-state index contributed by atoms with van der Waals surface area (Å²) in [5, 5.41) is 18.8. The molecule has 4 aromatic rings. The molecule has 0 heterocycles. The molecule has 0 aliphatic heterocycles. The summed E-state index contributed by atoms with van der Waals surface area (Å²) in [6.07, 6.45) is 6.18. The molecule has 0 spiro atoms. The van der Waals surface area contributed by atoms with E-state index in [2.05, 4.69) is 73.4 Å². The van der Waals surface area contributed by atoms with E-state index in [0.717, 1.165) is 29.4 Å². The molecule has 0 saturated carbocycles. The molecule has 142 valence electrons. The van der Waals surface area contributed by atoms with Crippen molar-refractivity contribution in [1.82, 2.24) is 0 Å². The number of anilines is 2. The molecule has 0 saturated heterocycles. The first kappa shape index (κ1) is 18.8. The fraction of sp³-hybridized carbons (Fsp3) is 0.148. The minimum atomic E-state index is 0.702. The zero-order valence-electron chi connectivity index (χ0n) is 16.9. The molecule has 29 heavy (non-hydrogen) atoms. The van der Waals surface area contributed by atoms with Crippen LogP contribution in [0.5, 0.6) is 0 Å². The molecule has 0 amide bonds. The Morgan fingerprint density at radius 2 is 1.79 bits per heavy atom. The maximum absolute atomic E-state index is 9.25. The van der Waals surface area contributed by atoms with Crippen LogP contribution < -0.4 is 10.5 Å². The highest BCUT2D eigenvalue weighted by atomic mass is 14.9. The van der Waals surface area contributed by atoms with Gasteiger partial charge in [0.2, 0.25) is 0 Å². The van der Waals surface area contributed by atoms with Crippen molar-refractivity contribution in [2.24, 2.45) is 0 Å². The van der Waals surface area contributed by atoms with Crippen LogP contribution in [0.1, 0.15) is 37.0 Å². The Bertz CT molecular complexity index is 1320. The monoisotopic (exact) mass is 376 g/mol. The largest absolute Gasteiger partial charge is 0.355 e. The van der Waals surface area contributed by atoms with Gasteiger partial charge in [-0.3, -0.25) is 0 Å². The fourth-order valence-electron chi connectivity index (χ4n) is 4.08. The molecule has 0 aliphatic carbocycles. The van der Waals surface area contributed by atoms with Crippen molar-refractivity contribution in [2.45, 2.75) is 26.7 Å². The van der Waals surface area contributed by atoms with E-state index in [1.807, 2.05) is 25.1 Å². The van der Waals surface area contributed by atoms with E-state index in [9.17, 15) is 5.26 Å². The lowest BCUT2D eigenvalue weighted by molar-refractivity contribution is 0.923. The van der Waals surface area contributed by atoms with Gasteiger partial charge in [-0.2, -0.15) is 5.26 Å². The number of aryl methyl sites for hydroxylation is 1. The van der Waals surface area contributed by atoms with Crippen molar-refractivity contribution in [1.29, 1.82) is 5.26 Å². The molecule has 0 radical (unpaired) electrons. The van der Waals surface area contributed by atoms with Crippen LogP contribution in [-0.2, 0) is 6.42 Å². The first-order valence-corrected chi connectivity index (χ1v) is 10.1. The average Bonchev–Trinajstić information content (AvgIpc) is 2.74. The van der Waals surface area contributed by atoms with Crippen molar-refractivity contribution in [2.75, 3.05) is 5.32 Å². The molecule has 0 fully saturated rings. The van der Waals surface area contributed by atoms with Crippen LogP contribution in [0.25, 0.3) is 34.2 Å². The summed E-state index contributed by atoms with van der Waals surface area (Å²) in [5.41, 5.74) is 5.20. The van der Waals surface area contributed by atoms with Gasteiger partial charge in [0.05, 0.1) is 11.6 Å². The van der Waals surface area contributed by atoms with Crippen molar-refractivity contribution in [3.05, 3.63) is 82.6 Å². The summed E-state index contributed by atoms with van der Waals surface area (Å²) < 4.78 is 0. The van der Waals surface area contributed by atoms with E-state index in [0.29, 0.717) is 5.56 Å². The van der Waals surface area contributed by atoms with Crippen molar-refractivity contribution in [3.63, 3.8) is 0 Å². The summed E-state index contributed by atoms with van der Waals surface area (Å²) in [6, 6.07) is 21.0. The van der Waals surface area contributed by atoms with Crippen LogP contribution in [0.15, 0.2) is 60.7 Å². The zero-order chi connectivity index (χ0) is 20.4. The molecular weight excluding hydrogens is 352 g/mol. The Labute approximate surface area is 171 Å². The highest BCUT2D eigenvalue weighted by Gasteiger charge is 2.11. The lowest BCUT2D eigenvalue weighted by atomic mass is 9.94. The number of nitriles is 1. The molecular formula is C27H24N2. The Kier molecular flexibility index (Phi) is 5.06. The van der Waals surface area contributed by atoms with E-state index < -0.39 is 0 Å². The third-order valence-electron chi connectivity index (χ3n) is 5.40. The van der Waals surface area contributed by atoms with Crippen LogP contribution >= 0.6 is 0 Å². The second kappa shape index (κ2) is 7.81. The predicted molar refractivity (Wildman–Crippen MR) is 125 cm³/mol. The van der Waals surface area contributed by atoms with E-state index in [1.54, 1.807) is 0 Å². The summed E-state index contributed by atoms with van der Waals surface area (Å²) in [5.74, 6) is 0. The lowest BCUT2D eigenvalue weighted by Gasteiger charge is -2.17. The summed E-state index contributed by atoms with van der Waals surface area (Å²) in [4.78, 5) is 0. The van der Waals surface area contributed by atoms with E-state index in [4.69, 9.17) is 0 Å². The minimum absolute atomic E-state index is 0.702. The van der Waals surface area contributed by atoms with E-state index >= 15 is 0 Å². The van der Waals surface area contributed by atoms with Crippen LogP contribution in [0.4, 0.5) is 11.4 Å². The molecule has 2 nitrogen and oxygen atoms in total. The molecule has 0 aliphatic rings. The van der Waals surface area contributed by atoms with Gasteiger partial charge in [0, 0.05) is 16.8 Å². The normalized spacial score (nSPS) is 11.3. The molecule has 1 N–H and O–H groups in total. The standard InChI is InChI=1S/C27H24N2/c1-4-6-20-11-13-23-25(15-12-21-10-8-18(3)26(20)27(21)23)29-24-14-9-19(17-28)16-22(24)7-5-2/h4,6,8-16,29H,3,5,7H2,1-2H3/b6-4-. The Hall–Kier alpha value is -3.57. The fourth-order valence-corrected chi connectivity index (χ4v) is 4.08. The second-order valence-electron chi connectivity index (χ2n) is 7.37. The van der Waals surface area contributed by atoms with Gasteiger partial charge in [-0.15, -0.1) is 0 Å². The minimum Gasteiger partial charge on any atom is -0.355 e. The molecule has 0 bridgehead atoms. The smallest absolute Gasteiger partial charge is 0.0991 e. The Morgan fingerprint density at radius 3 is 2.55 bits per heavy atom. The van der Waals surface area contributed by atoms with Gasteiger partial charge in [-0.1, -0.05) is 62.4 Å². The van der Waals surface area contributed by atoms with Gasteiger partial charge in [0.15, 0.2) is 0 Å². The maximum Gasteiger partial charge on any atom is 0.0991 e. The van der Waals surface area contributed by atoms with Crippen LogP contribution in [0.3, 0.4) is 0 Å². The van der Waals surface area contributed by atoms with Gasteiger partial charge < -0.3 is 5.32 Å². The first-order valence-electron chi connectivity index (χ1n) is 10.1. The van der Waals surface area contributed by atoms with Gasteiger partial charge in [0.1, 0.15) is 0 Å². The van der Waals surface area contributed by atoms with Gasteiger partial charge >= 0.3 is 0 Å². The van der Waals surface area contributed by atoms with Crippen molar-refractivity contribution >= 4 is 45.6 Å². The number of hydrogen-bond acceptors (Lipinski definition) is 2. The van der Waals surface area contributed by atoms with Crippen molar-refractivity contribution < 1.29 is 0 Å². The van der Waals surface area contributed by atoms with Crippen LogP contribution in [-0.4, -0.2) is 0 Å². The Morgan fingerprint density at radius 1 is 1.00 bits per heavy atom. The highest BCUT2D eigenvalue weighted by molar-refractivity contribution is 6.17. The third-order valence-corrected chi connectivity index (χ3v) is 5.40. The van der Waals surface area contributed by atoms with Crippen LogP contribution in [0.2, 0.25) is 0 Å². The zero-order valence-corrected chi connectivity index (χ0v) is 16.9. The number of benzene rings is 4. The van der Waals surface area contributed by atoms with Gasteiger partial charge in [0.25, 0.3) is 0 Å². The molecule has 0 unspecified atom stereocenters. The average molecular weight is 377 g/mol.